The van der Waals surface area contributed by atoms with Crippen LogP contribution in [0.3, 0.4) is 0 Å². The average molecular weight is 609 g/mol. The number of nitrogens with zero attached hydrogens (tertiary/aromatic N) is 3. The summed E-state index contributed by atoms with van der Waals surface area (Å²) >= 11 is 1.90. The highest BCUT2D eigenvalue weighted by molar-refractivity contribution is 7.25. The fourth-order valence-electron chi connectivity index (χ4n) is 7.24. The van der Waals surface area contributed by atoms with Gasteiger partial charge in [-0.15, -0.1) is 11.3 Å². The molecule has 0 aliphatic rings. The lowest BCUT2D eigenvalue weighted by Gasteiger charge is -2.19. The third kappa shape index (κ3) is 4.69. The normalized spacial score (nSPS) is 12.1. The third-order valence-corrected chi connectivity index (χ3v) is 10.6. The number of hydrogen-bond donors (Lipinski definition) is 0. The molecular weight excluding hydrogens is 567 g/mol. The van der Waals surface area contributed by atoms with Gasteiger partial charge in [0.15, 0.2) is 5.52 Å². The molecule has 0 N–H and O–H groups in total. The van der Waals surface area contributed by atoms with Gasteiger partial charge < -0.3 is 0 Å². The Kier molecular flexibility index (Phi) is 7.17. The number of hydrogen-bond acceptors (Lipinski definition) is 2. The quantitative estimate of drug-likeness (QED) is 0.178. The number of rotatable bonds is 5. The molecule has 0 saturated carbocycles. The first kappa shape index (κ1) is 29.4. The summed E-state index contributed by atoms with van der Waals surface area (Å²) < 4.78 is 7.61. The van der Waals surface area contributed by atoms with Gasteiger partial charge in [0.05, 0.1) is 18.3 Å². The summed E-state index contributed by atoms with van der Waals surface area (Å²) in [5, 5.41) is 2.65. The van der Waals surface area contributed by atoms with Crippen LogP contribution in [-0.4, -0.2) is 9.55 Å². The molecule has 0 spiro atoms. The number of fused-ring (bicyclic) bond motifs is 4. The molecule has 3 aromatic heterocycles. The van der Waals surface area contributed by atoms with Gasteiger partial charge in [0.25, 0.3) is 5.82 Å². The number of aryl methyl sites for hydroxylation is 5. The van der Waals surface area contributed by atoms with E-state index in [1.54, 1.807) is 0 Å². The van der Waals surface area contributed by atoms with Crippen molar-refractivity contribution in [3.05, 3.63) is 113 Å². The van der Waals surface area contributed by atoms with E-state index in [0.29, 0.717) is 11.8 Å². The molecule has 3 heterocycles. The highest BCUT2D eigenvalue weighted by atomic mass is 32.1. The molecular formula is C41H42N3S+. The van der Waals surface area contributed by atoms with Crippen molar-refractivity contribution in [2.75, 3.05) is 0 Å². The molecule has 4 heteroatoms. The van der Waals surface area contributed by atoms with Gasteiger partial charge in [-0.3, -0.25) is 4.98 Å². The number of benzene rings is 4. The van der Waals surface area contributed by atoms with E-state index in [1.165, 1.54) is 81.7 Å². The van der Waals surface area contributed by atoms with Gasteiger partial charge in [-0.1, -0.05) is 76.2 Å². The van der Waals surface area contributed by atoms with E-state index in [-0.39, 0.29) is 0 Å². The van der Waals surface area contributed by atoms with Crippen LogP contribution < -0.4 is 4.57 Å². The summed E-state index contributed by atoms with van der Waals surface area (Å²) in [4.78, 5) is 5.00. The Balaban J connectivity index is 1.58. The van der Waals surface area contributed by atoms with Gasteiger partial charge in [-0.25, -0.2) is 4.57 Å². The van der Waals surface area contributed by atoms with Crippen molar-refractivity contribution in [2.45, 2.75) is 67.2 Å². The van der Waals surface area contributed by atoms with Gasteiger partial charge in [0.2, 0.25) is 5.52 Å². The van der Waals surface area contributed by atoms with Crippen molar-refractivity contribution >= 4 is 42.5 Å². The molecule has 0 atom stereocenters. The fourth-order valence-corrected chi connectivity index (χ4v) is 8.45. The summed E-state index contributed by atoms with van der Waals surface area (Å²) in [7, 11) is 2.23. The second-order valence-corrected chi connectivity index (χ2v) is 14.4. The summed E-state index contributed by atoms with van der Waals surface area (Å²) in [5.74, 6) is 1.95. The summed E-state index contributed by atoms with van der Waals surface area (Å²) in [6.07, 6.45) is 0. The number of imidazole rings is 1. The van der Waals surface area contributed by atoms with Crippen LogP contribution >= 0.6 is 11.3 Å². The van der Waals surface area contributed by atoms with E-state index in [1.807, 2.05) is 11.3 Å². The zero-order chi connectivity index (χ0) is 31.7. The Bertz CT molecular complexity index is 2240. The zero-order valence-electron chi connectivity index (χ0n) is 27.9. The van der Waals surface area contributed by atoms with Crippen molar-refractivity contribution < 1.29 is 4.57 Å². The maximum Gasteiger partial charge on any atom is 0.295 e. The van der Waals surface area contributed by atoms with Crippen LogP contribution in [0.25, 0.3) is 59.4 Å². The second-order valence-electron chi connectivity index (χ2n) is 13.3. The van der Waals surface area contributed by atoms with Crippen molar-refractivity contribution in [1.29, 1.82) is 0 Å². The van der Waals surface area contributed by atoms with Gasteiger partial charge in [-0.2, -0.15) is 4.57 Å². The Hall–Kier alpha value is -4.28. The van der Waals surface area contributed by atoms with Crippen LogP contribution in [0.4, 0.5) is 0 Å². The van der Waals surface area contributed by atoms with E-state index in [9.17, 15) is 0 Å². The van der Waals surface area contributed by atoms with Crippen LogP contribution in [0.15, 0.2) is 78.9 Å². The SMILES string of the molecule is Cc1cc2c(c(C)n1)[n+](-c1c(C(C)C)cccc1C(C)C)c(-c1cc3c(cc1C)sc1cc(-c4ccccc4)c(C)cc13)n2C. The second kappa shape index (κ2) is 11.0. The molecule has 0 bridgehead atoms. The van der Waals surface area contributed by atoms with E-state index >= 15 is 0 Å². The molecule has 226 valence electrons. The first-order chi connectivity index (χ1) is 21.5. The van der Waals surface area contributed by atoms with Crippen LogP contribution in [0.5, 0.6) is 0 Å². The minimum atomic E-state index is 0.374. The topological polar surface area (TPSA) is 21.7 Å². The highest BCUT2D eigenvalue weighted by Crippen LogP contribution is 2.42. The van der Waals surface area contributed by atoms with E-state index in [4.69, 9.17) is 4.98 Å². The third-order valence-electron chi connectivity index (χ3n) is 9.44. The molecule has 0 aliphatic heterocycles. The lowest BCUT2D eigenvalue weighted by atomic mass is 9.92. The van der Waals surface area contributed by atoms with Crippen LogP contribution in [0.2, 0.25) is 0 Å². The van der Waals surface area contributed by atoms with E-state index in [2.05, 4.69) is 150 Å². The van der Waals surface area contributed by atoms with Crippen molar-refractivity contribution in [1.82, 2.24) is 9.55 Å². The maximum absolute atomic E-state index is 5.00. The van der Waals surface area contributed by atoms with Gasteiger partial charge >= 0.3 is 0 Å². The molecule has 0 radical (unpaired) electrons. The molecule has 45 heavy (non-hydrogen) atoms. The van der Waals surface area contributed by atoms with Gasteiger partial charge in [-0.05, 0) is 86.1 Å². The number of pyridine rings is 1. The highest BCUT2D eigenvalue weighted by Gasteiger charge is 2.33. The van der Waals surface area contributed by atoms with Gasteiger partial charge in [0, 0.05) is 43.1 Å². The van der Waals surface area contributed by atoms with Crippen LogP contribution in [0, 0.1) is 27.7 Å². The lowest BCUT2D eigenvalue weighted by molar-refractivity contribution is -0.557. The lowest BCUT2D eigenvalue weighted by Crippen LogP contribution is -2.37. The largest absolute Gasteiger partial charge is 0.295 e. The average Bonchev–Trinajstić information content (AvgIpc) is 3.49. The Labute approximate surface area is 270 Å². The molecule has 0 aliphatic carbocycles. The minimum absolute atomic E-state index is 0.374. The van der Waals surface area contributed by atoms with Crippen molar-refractivity contribution in [3.63, 3.8) is 0 Å². The van der Waals surface area contributed by atoms with Crippen molar-refractivity contribution in [3.8, 4) is 28.2 Å². The fraction of sp³-hybridized carbons (Fsp3) is 0.268. The number of thiophene rings is 1. The monoisotopic (exact) mass is 608 g/mol. The minimum Gasteiger partial charge on any atom is -0.254 e. The van der Waals surface area contributed by atoms with E-state index < -0.39 is 0 Å². The molecule has 7 rings (SSSR count). The molecule has 7 aromatic rings. The Morgan fingerprint density at radius 3 is 1.98 bits per heavy atom. The standard InChI is InChI=1S/C41H42N3S/c1-23(2)30-16-13-17-31(24(3)4)40(30)44-39-28(8)42-27(7)20-36(39)43(9)41(44)33-21-35-34-18-25(5)32(29-14-11-10-12-15-29)22-38(34)45-37(35)19-26(33)6/h10-24H,1-9H3/q+1. The molecule has 0 saturated heterocycles. The molecule has 3 nitrogen and oxygen atoms in total. The van der Waals surface area contributed by atoms with E-state index in [0.717, 1.165) is 11.4 Å². The molecule has 0 fully saturated rings. The summed E-state index contributed by atoms with van der Waals surface area (Å²) in [6.45, 7) is 18.0. The smallest absolute Gasteiger partial charge is 0.254 e. The van der Waals surface area contributed by atoms with Crippen LogP contribution in [-0.2, 0) is 7.05 Å². The molecule has 0 amide bonds. The zero-order valence-corrected chi connectivity index (χ0v) is 28.7. The predicted molar refractivity (Wildman–Crippen MR) is 193 cm³/mol. The maximum atomic E-state index is 5.00. The molecule has 4 aromatic carbocycles. The van der Waals surface area contributed by atoms with Gasteiger partial charge in [0.1, 0.15) is 5.69 Å². The predicted octanol–water partition coefficient (Wildman–Crippen LogP) is 11.0. The Morgan fingerprint density at radius 2 is 1.31 bits per heavy atom. The Morgan fingerprint density at radius 1 is 0.689 bits per heavy atom. The summed E-state index contributed by atoms with van der Waals surface area (Å²) in [6, 6.07) is 29.5. The van der Waals surface area contributed by atoms with Crippen LogP contribution in [0.1, 0.15) is 73.2 Å². The summed E-state index contributed by atoms with van der Waals surface area (Å²) in [5.41, 5.74) is 15.0. The van der Waals surface area contributed by atoms with Crippen molar-refractivity contribution in [2.24, 2.45) is 7.05 Å². The number of para-hydroxylation sites is 1. The first-order valence-corrected chi connectivity index (χ1v) is 16.9. The first-order valence-electron chi connectivity index (χ1n) is 16.1. The number of aromatic nitrogens is 3. The molecule has 0 unspecified atom stereocenters.